The van der Waals surface area contributed by atoms with Crippen LogP contribution in [0.15, 0.2) is 12.4 Å². The highest BCUT2D eigenvalue weighted by molar-refractivity contribution is 5.96. The summed E-state index contributed by atoms with van der Waals surface area (Å²) in [6.07, 6.45) is 3.82. The van der Waals surface area contributed by atoms with Crippen molar-refractivity contribution in [2.75, 3.05) is 6.54 Å². The molecule has 0 aromatic carbocycles. The molecule has 2 amide bonds. The van der Waals surface area contributed by atoms with Crippen LogP contribution in [0.5, 0.6) is 0 Å². The Labute approximate surface area is 119 Å². The summed E-state index contributed by atoms with van der Waals surface area (Å²) >= 11 is 0. The largest absolute Gasteiger partial charge is 0.354 e. The summed E-state index contributed by atoms with van der Waals surface area (Å²) in [5, 5.41) is 22.7. The van der Waals surface area contributed by atoms with Crippen LogP contribution in [0.2, 0.25) is 0 Å². The van der Waals surface area contributed by atoms with Crippen molar-refractivity contribution in [1.82, 2.24) is 41.0 Å². The Bertz CT molecular complexity index is 634. The Morgan fingerprint density at radius 3 is 3.14 bits per heavy atom. The number of aromatic amines is 1. The molecule has 2 aromatic heterocycles. The van der Waals surface area contributed by atoms with Crippen LogP contribution in [0.1, 0.15) is 29.8 Å². The first-order valence-corrected chi connectivity index (χ1v) is 6.61. The van der Waals surface area contributed by atoms with Gasteiger partial charge in [-0.1, -0.05) is 0 Å². The lowest BCUT2D eigenvalue weighted by molar-refractivity contribution is -0.122. The van der Waals surface area contributed by atoms with E-state index in [2.05, 4.69) is 36.4 Å². The zero-order valence-corrected chi connectivity index (χ0v) is 11.1. The maximum Gasteiger partial charge on any atom is 0.270 e. The summed E-state index contributed by atoms with van der Waals surface area (Å²) in [7, 11) is 0. The molecule has 0 bridgehead atoms. The first kappa shape index (κ1) is 13.2. The van der Waals surface area contributed by atoms with E-state index >= 15 is 0 Å². The summed E-state index contributed by atoms with van der Waals surface area (Å²) in [5.41, 5.74) is 0.248. The molecule has 1 fully saturated rings. The number of amides is 2. The minimum absolute atomic E-state index is 0.152. The fourth-order valence-electron chi connectivity index (χ4n) is 2.12. The van der Waals surface area contributed by atoms with Crippen molar-refractivity contribution in [2.45, 2.75) is 25.3 Å². The molecule has 1 aliphatic heterocycles. The van der Waals surface area contributed by atoms with Crippen molar-refractivity contribution >= 4 is 11.8 Å². The third kappa shape index (κ3) is 2.88. The fraction of sp³-hybridized carbons (Fsp3) is 0.455. The average molecular weight is 290 g/mol. The van der Waals surface area contributed by atoms with Gasteiger partial charge in [0.05, 0.1) is 0 Å². The summed E-state index contributed by atoms with van der Waals surface area (Å²) in [4.78, 5) is 23.9. The zero-order valence-electron chi connectivity index (χ0n) is 11.1. The molecule has 1 saturated heterocycles. The first-order chi connectivity index (χ1) is 10.2. The van der Waals surface area contributed by atoms with Gasteiger partial charge in [0.2, 0.25) is 5.91 Å². The molecule has 1 aliphatic rings. The third-order valence-electron chi connectivity index (χ3n) is 3.23. The topological polar surface area (TPSA) is 130 Å². The standard InChI is InChI=1S/C11H14N8O2/c20-10-7(3-1-2-4-12-10)14-11(21)8-5-9(16-15-8)19-6-13-17-18-19/h5-7H,1-4H2,(H,12,20)(H,14,21)(H,15,16). The fourth-order valence-corrected chi connectivity index (χ4v) is 2.12. The second kappa shape index (κ2) is 5.69. The summed E-state index contributed by atoms with van der Waals surface area (Å²) in [6.45, 7) is 0.651. The SMILES string of the molecule is O=C(NC1CCCCNC1=O)c1cc(-n2cnnn2)n[nH]1. The van der Waals surface area contributed by atoms with Crippen LogP contribution in [0.4, 0.5) is 0 Å². The van der Waals surface area contributed by atoms with Crippen molar-refractivity contribution in [3.05, 3.63) is 18.1 Å². The van der Waals surface area contributed by atoms with Gasteiger partial charge in [-0.15, -0.1) is 5.10 Å². The minimum atomic E-state index is -0.514. The number of nitrogens with one attached hydrogen (secondary N) is 3. The number of tetrazole rings is 1. The molecule has 1 unspecified atom stereocenters. The van der Waals surface area contributed by atoms with Crippen molar-refractivity contribution in [1.29, 1.82) is 0 Å². The number of carbonyl (C=O) groups excluding carboxylic acids is 2. The quantitative estimate of drug-likeness (QED) is 0.649. The van der Waals surface area contributed by atoms with Gasteiger partial charge in [-0.25, -0.2) is 0 Å². The van der Waals surface area contributed by atoms with Crippen molar-refractivity contribution < 1.29 is 9.59 Å². The van der Waals surface area contributed by atoms with Gasteiger partial charge in [-0.3, -0.25) is 14.7 Å². The molecule has 3 N–H and O–H groups in total. The third-order valence-corrected chi connectivity index (χ3v) is 3.23. The number of H-pyrrole nitrogens is 1. The minimum Gasteiger partial charge on any atom is -0.354 e. The molecule has 2 aromatic rings. The summed E-state index contributed by atoms with van der Waals surface area (Å²) < 4.78 is 1.33. The van der Waals surface area contributed by atoms with E-state index in [1.165, 1.54) is 17.1 Å². The number of nitrogens with zero attached hydrogens (tertiary/aromatic N) is 5. The highest BCUT2D eigenvalue weighted by atomic mass is 16.2. The molecular formula is C11H14N8O2. The van der Waals surface area contributed by atoms with Gasteiger partial charge >= 0.3 is 0 Å². The number of rotatable bonds is 3. The van der Waals surface area contributed by atoms with Crippen LogP contribution >= 0.6 is 0 Å². The van der Waals surface area contributed by atoms with Crippen LogP contribution in [0, 0.1) is 0 Å². The van der Waals surface area contributed by atoms with Crippen LogP contribution in [0.25, 0.3) is 5.82 Å². The van der Waals surface area contributed by atoms with Crippen LogP contribution in [-0.4, -0.2) is 54.8 Å². The zero-order chi connectivity index (χ0) is 14.7. The Balaban J connectivity index is 1.69. The molecule has 1 atom stereocenters. The first-order valence-electron chi connectivity index (χ1n) is 6.61. The number of hydrogen-bond acceptors (Lipinski definition) is 6. The molecule has 0 spiro atoms. The lowest BCUT2D eigenvalue weighted by atomic mass is 10.1. The van der Waals surface area contributed by atoms with E-state index in [4.69, 9.17) is 0 Å². The second-order valence-electron chi connectivity index (χ2n) is 4.71. The highest BCUT2D eigenvalue weighted by Gasteiger charge is 2.23. The van der Waals surface area contributed by atoms with E-state index in [0.29, 0.717) is 18.8 Å². The number of hydrogen-bond donors (Lipinski definition) is 3. The van der Waals surface area contributed by atoms with Gasteiger partial charge in [-0.05, 0) is 29.7 Å². The van der Waals surface area contributed by atoms with Crippen LogP contribution in [0.3, 0.4) is 0 Å². The van der Waals surface area contributed by atoms with E-state index in [0.717, 1.165) is 12.8 Å². The van der Waals surface area contributed by atoms with Crippen LogP contribution < -0.4 is 10.6 Å². The molecule has 10 nitrogen and oxygen atoms in total. The second-order valence-corrected chi connectivity index (χ2v) is 4.71. The Kier molecular flexibility index (Phi) is 3.58. The molecule has 0 radical (unpaired) electrons. The maximum absolute atomic E-state index is 12.1. The Morgan fingerprint density at radius 2 is 2.33 bits per heavy atom. The molecule has 10 heteroatoms. The summed E-state index contributed by atoms with van der Waals surface area (Å²) in [5.74, 6) is -0.139. The van der Waals surface area contributed by atoms with E-state index < -0.39 is 6.04 Å². The van der Waals surface area contributed by atoms with E-state index in [9.17, 15) is 9.59 Å². The predicted octanol–water partition coefficient (Wildman–Crippen LogP) is -1.22. The summed E-state index contributed by atoms with van der Waals surface area (Å²) in [6, 6.07) is 1.00. The van der Waals surface area contributed by atoms with Crippen molar-refractivity contribution in [2.24, 2.45) is 0 Å². The van der Waals surface area contributed by atoms with Gasteiger partial charge in [0.25, 0.3) is 5.91 Å². The van der Waals surface area contributed by atoms with Gasteiger partial charge in [0.15, 0.2) is 5.82 Å². The van der Waals surface area contributed by atoms with Gasteiger partial charge in [0, 0.05) is 12.6 Å². The molecule has 0 saturated carbocycles. The number of aromatic nitrogens is 6. The lowest BCUT2D eigenvalue weighted by Gasteiger charge is -2.14. The van der Waals surface area contributed by atoms with Gasteiger partial charge in [-0.2, -0.15) is 9.78 Å². The molecule has 21 heavy (non-hydrogen) atoms. The Hall–Kier alpha value is -2.78. The normalized spacial score (nSPS) is 18.9. The van der Waals surface area contributed by atoms with Crippen molar-refractivity contribution in [3.8, 4) is 5.82 Å². The van der Waals surface area contributed by atoms with Crippen LogP contribution in [-0.2, 0) is 4.79 Å². The smallest absolute Gasteiger partial charge is 0.270 e. The number of carbonyl (C=O) groups is 2. The van der Waals surface area contributed by atoms with Crippen molar-refractivity contribution in [3.63, 3.8) is 0 Å². The molecule has 110 valence electrons. The predicted molar refractivity (Wildman–Crippen MR) is 69.4 cm³/mol. The van der Waals surface area contributed by atoms with Gasteiger partial charge in [0.1, 0.15) is 18.1 Å². The molecule has 3 heterocycles. The highest BCUT2D eigenvalue weighted by Crippen LogP contribution is 2.08. The van der Waals surface area contributed by atoms with Gasteiger partial charge < -0.3 is 10.6 Å². The molecular weight excluding hydrogens is 276 g/mol. The average Bonchev–Trinajstić information content (AvgIpc) is 3.12. The molecule has 3 rings (SSSR count). The monoisotopic (exact) mass is 290 g/mol. The van der Waals surface area contributed by atoms with E-state index in [1.807, 2.05) is 0 Å². The van der Waals surface area contributed by atoms with E-state index in [-0.39, 0.29) is 17.5 Å². The Morgan fingerprint density at radius 1 is 1.43 bits per heavy atom. The van der Waals surface area contributed by atoms with E-state index in [1.54, 1.807) is 0 Å². The lowest BCUT2D eigenvalue weighted by Crippen LogP contribution is -2.45. The molecule has 0 aliphatic carbocycles. The maximum atomic E-state index is 12.1.